The maximum atomic E-state index is 4.36. The van der Waals surface area contributed by atoms with E-state index in [9.17, 15) is 0 Å². The van der Waals surface area contributed by atoms with Crippen LogP contribution in [0.3, 0.4) is 0 Å². The molecule has 0 bridgehead atoms. The summed E-state index contributed by atoms with van der Waals surface area (Å²) in [5.41, 5.74) is 1.63. The molecule has 1 atom stereocenters. The Bertz CT molecular complexity index is 138. The van der Waals surface area contributed by atoms with Gasteiger partial charge >= 0.3 is 0 Å². The number of hydrogen-bond donors (Lipinski definition) is 0. The second-order valence-electron chi connectivity index (χ2n) is 2.97. The van der Waals surface area contributed by atoms with E-state index in [4.69, 9.17) is 0 Å². The minimum Gasteiger partial charge on any atom is -0.237 e. The van der Waals surface area contributed by atoms with Gasteiger partial charge < -0.3 is 0 Å². The molecule has 0 saturated carbocycles. The first kappa shape index (κ1) is 5.48. The first-order chi connectivity index (χ1) is 4.47. The van der Waals surface area contributed by atoms with E-state index in [2.05, 4.69) is 11.4 Å². The van der Waals surface area contributed by atoms with Gasteiger partial charge in [0.2, 0.25) is 0 Å². The summed E-state index contributed by atoms with van der Waals surface area (Å²) in [5, 5.41) is 4.36. The van der Waals surface area contributed by atoms with Crippen LogP contribution in [0.4, 0.5) is 0 Å². The second kappa shape index (κ2) is 2.14. The van der Waals surface area contributed by atoms with E-state index in [1.54, 1.807) is 5.57 Å². The van der Waals surface area contributed by atoms with Crippen molar-refractivity contribution in [2.24, 2.45) is 5.92 Å². The lowest BCUT2D eigenvalue weighted by Gasteiger charge is -2.14. The SMILES string of the molecule is C1=C2C[N]CC2CCC1. The molecule has 0 spiro atoms. The van der Waals surface area contributed by atoms with Crippen LogP contribution in [0.15, 0.2) is 11.6 Å². The van der Waals surface area contributed by atoms with Gasteiger partial charge in [-0.05, 0) is 25.2 Å². The Morgan fingerprint density at radius 2 is 2.56 bits per heavy atom. The number of hydrogen-bond acceptors (Lipinski definition) is 0. The van der Waals surface area contributed by atoms with Gasteiger partial charge in [-0.15, -0.1) is 0 Å². The minimum atomic E-state index is 0.860. The molecule has 1 heterocycles. The Labute approximate surface area is 56.1 Å². The molecular weight excluding hydrogens is 110 g/mol. The van der Waals surface area contributed by atoms with Gasteiger partial charge in [0.05, 0.1) is 0 Å². The van der Waals surface area contributed by atoms with Crippen LogP contribution in [0, 0.1) is 5.92 Å². The van der Waals surface area contributed by atoms with E-state index in [0.717, 1.165) is 19.0 Å². The zero-order valence-corrected chi connectivity index (χ0v) is 5.64. The van der Waals surface area contributed by atoms with Gasteiger partial charge in [0, 0.05) is 13.1 Å². The summed E-state index contributed by atoms with van der Waals surface area (Å²) < 4.78 is 0. The molecule has 0 aromatic rings. The van der Waals surface area contributed by atoms with Gasteiger partial charge in [-0.1, -0.05) is 11.6 Å². The van der Waals surface area contributed by atoms with Gasteiger partial charge in [0.25, 0.3) is 0 Å². The van der Waals surface area contributed by atoms with Crippen molar-refractivity contribution in [1.29, 1.82) is 0 Å². The molecule has 49 valence electrons. The largest absolute Gasteiger partial charge is 0.237 e. The number of rotatable bonds is 0. The second-order valence-corrected chi connectivity index (χ2v) is 2.97. The zero-order valence-electron chi connectivity index (χ0n) is 5.64. The van der Waals surface area contributed by atoms with Gasteiger partial charge in [-0.3, -0.25) is 0 Å². The summed E-state index contributed by atoms with van der Waals surface area (Å²) in [6, 6.07) is 0. The van der Waals surface area contributed by atoms with Crippen molar-refractivity contribution in [2.45, 2.75) is 19.3 Å². The van der Waals surface area contributed by atoms with E-state index in [1.807, 2.05) is 0 Å². The molecule has 1 radical (unpaired) electrons. The van der Waals surface area contributed by atoms with Crippen molar-refractivity contribution in [3.8, 4) is 0 Å². The molecule has 9 heavy (non-hydrogen) atoms. The number of fused-ring (bicyclic) bond motifs is 1. The molecule has 1 unspecified atom stereocenters. The zero-order chi connectivity index (χ0) is 6.10. The molecule has 1 aliphatic carbocycles. The van der Waals surface area contributed by atoms with Crippen LogP contribution >= 0.6 is 0 Å². The van der Waals surface area contributed by atoms with Gasteiger partial charge in [0.1, 0.15) is 0 Å². The quantitative estimate of drug-likeness (QED) is 0.430. The summed E-state index contributed by atoms with van der Waals surface area (Å²) in [6.45, 7) is 2.16. The van der Waals surface area contributed by atoms with Crippen molar-refractivity contribution in [3.63, 3.8) is 0 Å². The smallest absolute Gasteiger partial charge is 0.0347 e. The third-order valence-electron chi connectivity index (χ3n) is 2.33. The predicted molar refractivity (Wildman–Crippen MR) is 37.3 cm³/mol. The fourth-order valence-corrected chi connectivity index (χ4v) is 1.76. The van der Waals surface area contributed by atoms with Crippen LogP contribution in [0.25, 0.3) is 0 Å². The first-order valence-electron chi connectivity index (χ1n) is 3.79. The fraction of sp³-hybridized carbons (Fsp3) is 0.750. The van der Waals surface area contributed by atoms with E-state index < -0.39 is 0 Å². The van der Waals surface area contributed by atoms with Crippen molar-refractivity contribution in [1.82, 2.24) is 5.32 Å². The average Bonchev–Trinajstić information content (AvgIpc) is 2.33. The van der Waals surface area contributed by atoms with Gasteiger partial charge in [-0.2, -0.15) is 0 Å². The molecule has 0 aromatic carbocycles. The maximum Gasteiger partial charge on any atom is 0.0347 e. The molecule has 1 fully saturated rings. The highest BCUT2D eigenvalue weighted by molar-refractivity contribution is 5.15. The highest BCUT2D eigenvalue weighted by Gasteiger charge is 2.22. The van der Waals surface area contributed by atoms with Crippen LogP contribution in [0.2, 0.25) is 0 Å². The molecular formula is C8H12N. The van der Waals surface area contributed by atoms with E-state index >= 15 is 0 Å². The molecule has 1 heteroatoms. The molecule has 2 rings (SSSR count). The van der Waals surface area contributed by atoms with Crippen LogP contribution in [0.5, 0.6) is 0 Å². The Balaban J connectivity index is 2.16. The highest BCUT2D eigenvalue weighted by Crippen LogP contribution is 2.27. The highest BCUT2D eigenvalue weighted by atomic mass is 14.9. The van der Waals surface area contributed by atoms with Crippen molar-refractivity contribution in [2.75, 3.05) is 13.1 Å². The lowest BCUT2D eigenvalue weighted by Crippen LogP contribution is -2.06. The molecule has 0 N–H and O–H groups in total. The topological polar surface area (TPSA) is 14.1 Å². The van der Waals surface area contributed by atoms with Crippen molar-refractivity contribution < 1.29 is 0 Å². The van der Waals surface area contributed by atoms with Gasteiger partial charge in [-0.25, -0.2) is 5.32 Å². The third kappa shape index (κ3) is 0.897. The fourth-order valence-electron chi connectivity index (χ4n) is 1.76. The Hall–Kier alpha value is -0.300. The van der Waals surface area contributed by atoms with Crippen LogP contribution in [-0.2, 0) is 0 Å². The van der Waals surface area contributed by atoms with Crippen molar-refractivity contribution >= 4 is 0 Å². The van der Waals surface area contributed by atoms with Crippen molar-refractivity contribution in [3.05, 3.63) is 11.6 Å². The summed E-state index contributed by atoms with van der Waals surface area (Å²) in [4.78, 5) is 0. The Morgan fingerprint density at radius 3 is 3.44 bits per heavy atom. The molecule has 0 amide bonds. The average molecular weight is 122 g/mol. The van der Waals surface area contributed by atoms with Crippen LogP contribution in [0.1, 0.15) is 19.3 Å². The normalized spacial score (nSPS) is 33.8. The van der Waals surface area contributed by atoms with E-state index in [0.29, 0.717) is 0 Å². The van der Waals surface area contributed by atoms with Crippen LogP contribution < -0.4 is 5.32 Å². The first-order valence-corrected chi connectivity index (χ1v) is 3.79. The number of allylic oxidation sites excluding steroid dienone is 1. The van der Waals surface area contributed by atoms with E-state index in [1.165, 1.54) is 19.3 Å². The van der Waals surface area contributed by atoms with E-state index in [-0.39, 0.29) is 0 Å². The monoisotopic (exact) mass is 122 g/mol. The Morgan fingerprint density at radius 1 is 1.56 bits per heavy atom. The third-order valence-corrected chi connectivity index (χ3v) is 2.33. The summed E-state index contributed by atoms with van der Waals surface area (Å²) in [5.74, 6) is 0.860. The minimum absolute atomic E-state index is 0.860. The predicted octanol–water partition coefficient (Wildman–Crippen LogP) is 1.33. The molecule has 1 nitrogen and oxygen atoms in total. The molecule has 1 saturated heterocycles. The molecule has 0 aromatic heterocycles. The lowest BCUT2D eigenvalue weighted by atomic mass is 9.91. The Kier molecular flexibility index (Phi) is 1.31. The van der Waals surface area contributed by atoms with Gasteiger partial charge in [0.15, 0.2) is 0 Å². The van der Waals surface area contributed by atoms with Crippen LogP contribution in [-0.4, -0.2) is 13.1 Å². The molecule has 2 aliphatic rings. The summed E-state index contributed by atoms with van der Waals surface area (Å²) in [7, 11) is 0. The standard InChI is InChI=1S/C8H12N/c1-2-4-8-6-9-5-7(8)3-1/h3,8H,1-2,4-6H2. The summed E-state index contributed by atoms with van der Waals surface area (Å²) in [6.07, 6.45) is 6.49. The number of nitrogens with zero attached hydrogens (tertiary/aromatic N) is 1. The maximum absolute atomic E-state index is 4.36. The summed E-state index contributed by atoms with van der Waals surface area (Å²) >= 11 is 0. The molecule has 1 aliphatic heterocycles. The lowest BCUT2D eigenvalue weighted by molar-refractivity contribution is 0.545.